The van der Waals surface area contributed by atoms with Gasteiger partial charge in [-0.05, 0) is 59.7 Å². The predicted molar refractivity (Wildman–Crippen MR) is 123 cm³/mol. The van der Waals surface area contributed by atoms with Gasteiger partial charge in [-0.15, -0.1) is 0 Å². The quantitative estimate of drug-likeness (QED) is 0.541. The summed E-state index contributed by atoms with van der Waals surface area (Å²) < 4.78 is 10.5. The van der Waals surface area contributed by atoms with Crippen molar-refractivity contribution < 1.29 is 14.3 Å². The first-order valence-corrected chi connectivity index (χ1v) is 10.7. The van der Waals surface area contributed by atoms with Gasteiger partial charge in [-0.2, -0.15) is 0 Å². The monoisotopic (exact) mass is 415 g/mol. The van der Waals surface area contributed by atoms with Crippen molar-refractivity contribution in [2.45, 2.75) is 38.8 Å². The molecule has 3 aromatic rings. The summed E-state index contributed by atoms with van der Waals surface area (Å²) in [5.41, 5.74) is 8.32. The number of hydrogen-bond acceptors (Lipinski definition) is 4. The minimum atomic E-state index is -0.248. The molecule has 160 valence electrons. The average Bonchev–Trinajstić information content (AvgIpc) is 3.21. The smallest absolute Gasteiger partial charge is 0.309 e. The fourth-order valence-corrected chi connectivity index (χ4v) is 4.45. The van der Waals surface area contributed by atoms with Crippen molar-refractivity contribution in [1.29, 1.82) is 0 Å². The molecule has 0 spiro atoms. The molecule has 1 aliphatic rings. The Morgan fingerprint density at radius 2 is 1.87 bits per heavy atom. The van der Waals surface area contributed by atoms with Crippen LogP contribution in [-0.4, -0.2) is 20.2 Å². The lowest BCUT2D eigenvalue weighted by Crippen LogP contribution is -2.19. The summed E-state index contributed by atoms with van der Waals surface area (Å²) in [6.45, 7) is 2.88. The van der Waals surface area contributed by atoms with Gasteiger partial charge in [0.15, 0.2) is 0 Å². The van der Waals surface area contributed by atoms with Crippen LogP contribution in [0.5, 0.6) is 5.75 Å². The van der Waals surface area contributed by atoms with Crippen molar-refractivity contribution >= 4 is 5.97 Å². The second kappa shape index (κ2) is 9.36. The summed E-state index contributed by atoms with van der Waals surface area (Å²) >= 11 is 0. The number of benzene rings is 3. The largest absolute Gasteiger partial charge is 0.496 e. The first kappa shape index (κ1) is 21.1. The Labute approximate surface area is 184 Å². The Morgan fingerprint density at radius 1 is 1.03 bits per heavy atom. The van der Waals surface area contributed by atoms with Crippen LogP contribution < -0.4 is 10.1 Å². The Kier molecular flexibility index (Phi) is 6.38. The molecule has 0 aromatic heterocycles. The molecule has 4 rings (SSSR count). The molecule has 4 heteroatoms. The van der Waals surface area contributed by atoms with Gasteiger partial charge in [0, 0.05) is 18.2 Å². The molecular formula is C27H29NO3. The number of aryl methyl sites for hydroxylation is 2. The van der Waals surface area contributed by atoms with E-state index in [1.54, 1.807) is 7.11 Å². The minimum absolute atomic E-state index is 0.242. The van der Waals surface area contributed by atoms with Gasteiger partial charge < -0.3 is 14.8 Å². The van der Waals surface area contributed by atoms with Crippen LogP contribution in [0.4, 0.5) is 0 Å². The van der Waals surface area contributed by atoms with Crippen LogP contribution in [0.25, 0.3) is 11.1 Å². The van der Waals surface area contributed by atoms with E-state index in [9.17, 15) is 4.79 Å². The number of ether oxygens (including phenoxy) is 2. The summed E-state index contributed by atoms with van der Waals surface area (Å²) in [4.78, 5) is 11.8. The molecule has 1 N–H and O–H groups in total. The summed E-state index contributed by atoms with van der Waals surface area (Å²) in [6.07, 6.45) is 2.49. The molecular weight excluding hydrogens is 386 g/mol. The zero-order valence-electron chi connectivity index (χ0n) is 18.4. The number of rotatable bonds is 7. The van der Waals surface area contributed by atoms with Gasteiger partial charge in [0.25, 0.3) is 0 Å². The molecule has 0 saturated carbocycles. The number of carbonyl (C=O) groups excluding carboxylic acids is 1. The van der Waals surface area contributed by atoms with Crippen LogP contribution >= 0.6 is 0 Å². The highest BCUT2D eigenvalue weighted by molar-refractivity contribution is 5.77. The lowest BCUT2D eigenvalue weighted by atomic mass is 9.94. The van der Waals surface area contributed by atoms with Gasteiger partial charge in [0.05, 0.1) is 20.6 Å². The van der Waals surface area contributed by atoms with Crippen LogP contribution in [0.3, 0.4) is 0 Å². The zero-order chi connectivity index (χ0) is 21.8. The Balaban J connectivity index is 1.64. The number of esters is 1. The van der Waals surface area contributed by atoms with E-state index in [4.69, 9.17) is 9.47 Å². The van der Waals surface area contributed by atoms with Gasteiger partial charge in [0.2, 0.25) is 0 Å². The van der Waals surface area contributed by atoms with Crippen molar-refractivity contribution in [1.82, 2.24) is 5.32 Å². The average molecular weight is 416 g/mol. The molecule has 0 unspecified atom stereocenters. The lowest BCUT2D eigenvalue weighted by molar-refractivity contribution is -0.139. The number of nitrogens with one attached hydrogen (secondary N) is 1. The third kappa shape index (κ3) is 4.64. The maximum Gasteiger partial charge on any atom is 0.309 e. The zero-order valence-corrected chi connectivity index (χ0v) is 18.4. The summed E-state index contributed by atoms with van der Waals surface area (Å²) in [7, 11) is 3.10. The molecule has 0 fully saturated rings. The Morgan fingerprint density at radius 3 is 2.68 bits per heavy atom. The predicted octanol–water partition coefficient (Wildman–Crippen LogP) is 5.16. The molecule has 0 saturated heterocycles. The summed E-state index contributed by atoms with van der Waals surface area (Å²) in [5, 5.41) is 3.77. The molecule has 3 aromatic carbocycles. The van der Waals surface area contributed by atoms with Crippen LogP contribution in [0, 0.1) is 6.92 Å². The van der Waals surface area contributed by atoms with Crippen LogP contribution in [0.2, 0.25) is 0 Å². The van der Waals surface area contributed by atoms with Crippen molar-refractivity contribution in [3.8, 4) is 16.9 Å². The molecule has 0 amide bonds. The fourth-order valence-electron chi connectivity index (χ4n) is 4.45. The molecule has 0 aliphatic heterocycles. The van der Waals surface area contributed by atoms with E-state index in [2.05, 4.69) is 54.7 Å². The van der Waals surface area contributed by atoms with E-state index in [0.717, 1.165) is 41.8 Å². The number of hydrogen-bond donors (Lipinski definition) is 1. The Bertz CT molecular complexity index is 1090. The molecule has 4 nitrogen and oxygen atoms in total. The van der Waals surface area contributed by atoms with Crippen molar-refractivity contribution in [2.24, 2.45) is 0 Å². The third-order valence-electron chi connectivity index (χ3n) is 6.06. The minimum Gasteiger partial charge on any atom is -0.496 e. The second-order valence-corrected chi connectivity index (χ2v) is 8.12. The first-order valence-electron chi connectivity index (χ1n) is 10.7. The molecule has 31 heavy (non-hydrogen) atoms. The fraction of sp³-hybridized carbons (Fsp3) is 0.296. The topological polar surface area (TPSA) is 47.6 Å². The molecule has 1 aliphatic carbocycles. The number of fused-ring (bicyclic) bond motifs is 1. The molecule has 0 bridgehead atoms. The van der Waals surface area contributed by atoms with Gasteiger partial charge in [0.1, 0.15) is 5.75 Å². The third-order valence-corrected chi connectivity index (χ3v) is 6.06. The van der Waals surface area contributed by atoms with E-state index in [0.29, 0.717) is 6.04 Å². The first-order chi connectivity index (χ1) is 15.1. The maximum atomic E-state index is 11.8. The van der Waals surface area contributed by atoms with Gasteiger partial charge in [-0.25, -0.2) is 0 Å². The summed E-state index contributed by atoms with van der Waals surface area (Å²) in [6, 6.07) is 21.5. The Hall–Kier alpha value is -3.11. The standard InChI is InChI=1S/C27H29NO3/c1-18-8-11-22(24-15-19(16-27(29)31-3)9-13-26(24)30-2)21(14-18)17-28-25-12-10-20-6-4-5-7-23(20)25/h4-9,11,13-15,25,28H,10,12,16-17H2,1-3H3/t25-/m1/s1. The van der Waals surface area contributed by atoms with E-state index < -0.39 is 0 Å². The number of carbonyl (C=O) groups is 1. The molecule has 0 radical (unpaired) electrons. The van der Waals surface area contributed by atoms with Gasteiger partial charge in [-0.1, -0.05) is 54.1 Å². The highest BCUT2D eigenvalue weighted by Crippen LogP contribution is 2.35. The second-order valence-electron chi connectivity index (χ2n) is 8.12. The molecule has 0 heterocycles. The van der Waals surface area contributed by atoms with Crippen LogP contribution in [-0.2, 0) is 28.9 Å². The lowest BCUT2D eigenvalue weighted by Gasteiger charge is -2.18. The highest BCUT2D eigenvalue weighted by Gasteiger charge is 2.22. The highest BCUT2D eigenvalue weighted by atomic mass is 16.5. The van der Waals surface area contributed by atoms with Crippen molar-refractivity contribution in [3.63, 3.8) is 0 Å². The van der Waals surface area contributed by atoms with Crippen LogP contribution in [0.15, 0.2) is 60.7 Å². The van der Waals surface area contributed by atoms with E-state index >= 15 is 0 Å². The van der Waals surface area contributed by atoms with E-state index in [1.807, 2.05) is 18.2 Å². The van der Waals surface area contributed by atoms with Crippen molar-refractivity contribution in [2.75, 3.05) is 14.2 Å². The maximum absolute atomic E-state index is 11.8. The SMILES string of the molecule is COC(=O)Cc1ccc(OC)c(-c2ccc(C)cc2CN[C@@H]2CCc3ccccc32)c1. The summed E-state index contributed by atoms with van der Waals surface area (Å²) in [5.74, 6) is 0.548. The van der Waals surface area contributed by atoms with Gasteiger partial charge in [-0.3, -0.25) is 4.79 Å². The van der Waals surface area contributed by atoms with Crippen molar-refractivity contribution in [3.05, 3.63) is 88.5 Å². The van der Waals surface area contributed by atoms with Crippen LogP contribution in [0.1, 0.15) is 40.3 Å². The van der Waals surface area contributed by atoms with Gasteiger partial charge >= 0.3 is 5.97 Å². The van der Waals surface area contributed by atoms with E-state index in [1.165, 1.54) is 29.4 Å². The number of methoxy groups -OCH3 is 2. The molecule has 1 atom stereocenters. The van der Waals surface area contributed by atoms with E-state index in [-0.39, 0.29) is 12.4 Å². The normalized spacial score (nSPS) is 14.9.